The van der Waals surface area contributed by atoms with Gasteiger partial charge in [0.05, 0.1) is 12.7 Å². The minimum Gasteiger partial charge on any atom is -0.373 e. The van der Waals surface area contributed by atoms with E-state index in [0.717, 1.165) is 12.6 Å². The third-order valence-electron chi connectivity index (χ3n) is 5.52. The predicted molar refractivity (Wildman–Crippen MR) is 129 cm³/mol. The number of rotatable bonds is 5. The third kappa shape index (κ3) is 11.1. The normalized spacial score (nSPS) is 21.8. The molecule has 1 heterocycles. The van der Waals surface area contributed by atoms with Crippen LogP contribution in [0.2, 0.25) is 0 Å². The number of hydrogen-bond acceptors (Lipinski definition) is 4. The van der Waals surface area contributed by atoms with Crippen LogP contribution in [0.5, 0.6) is 0 Å². The van der Waals surface area contributed by atoms with E-state index < -0.39 is 0 Å². The van der Waals surface area contributed by atoms with Crippen LogP contribution in [-0.2, 0) is 16.1 Å². The highest BCUT2D eigenvalue weighted by atomic mass is 16.5. The van der Waals surface area contributed by atoms with Crippen molar-refractivity contribution < 1.29 is 9.53 Å². The van der Waals surface area contributed by atoms with Crippen molar-refractivity contribution in [3.8, 4) is 0 Å². The number of piperazine rings is 1. The summed E-state index contributed by atoms with van der Waals surface area (Å²) in [6.45, 7) is 18.3. The van der Waals surface area contributed by atoms with Gasteiger partial charge >= 0.3 is 0 Å². The van der Waals surface area contributed by atoms with E-state index >= 15 is 0 Å². The second-order valence-electron chi connectivity index (χ2n) is 7.54. The minimum absolute atomic E-state index is 0.250. The molecule has 1 aromatic rings. The van der Waals surface area contributed by atoms with E-state index in [9.17, 15) is 0 Å². The molecular weight excluding hydrogens is 374 g/mol. The molecule has 1 saturated carbocycles. The number of benzene rings is 1. The molecule has 5 nitrogen and oxygen atoms in total. The Morgan fingerprint density at radius 1 is 1.03 bits per heavy atom. The molecule has 1 aliphatic carbocycles. The van der Waals surface area contributed by atoms with Crippen LogP contribution in [0.4, 0.5) is 0 Å². The van der Waals surface area contributed by atoms with Crippen LogP contribution in [0.1, 0.15) is 72.8 Å². The van der Waals surface area contributed by atoms with Crippen molar-refractivity contribution in [1.29, 1.82) is 0 Å². The van der Waals surface area contributed by atoms with Gasteiger partial charge in [0, 0.05) is 38.3 Å². The molecule has 0 bridgehead atoms. The lowest BCUT2D eigenvalue weighted by Gasteiger charge is -2.43. The number of hydrogen-bond donors (Lipinski definition) is 1. The zero-order valence-corrected chi connectivity index (χ0v) is 20.3. The van der Waals surface area contributed by atoms with Crippen molar-refractivity contribution in [2.45, 2.75) is 92.0 Å². The van der Waals surface area contributed by atoms with Gasteiger partial charge in [-0.15, -0.1) is 0 Å². The highest BCUT2D eigenvalue weighted by molar-refractivity contribution is 5.42. The Morgan fingerprint density at radius 3 is 2.13 bits per heavy atom. The lowest BCUT2D eigenvalue weighted by molar-refractivity contribution is -0.106. The summed E-state index contributed by atoms with van der Waals surface area (Å²) >= 11 is 0. The van der Waals surface area contributed by atoms with Gasteiger partial charge in [0.1, 0.15) is 0 Å². The molecule has 174 valence electrons. The quantitative estimate of drug-likeness (QED) is 0.701. The molecule has 5 heteroatoms. The van der Waals surface area contributed by atoms with Gasteiger partial charge in [-0.2, -0.15) is 0 Å². The first-order valence-corrected chi connectivity index (χ1v) is 11.9. The van der Waals surface area contributed by atoms with Gasteiger partial charge in [-0.1, -0.05) is 58.0 Å². The highest BCUT2D eigenvalue weighted by Crippen LogP contribution is 2.27. The molecule has 2 unspecified atom stereocenters. The maximum atomic E-state index is 8.58. The number of nitrogens with two attached hydrogens (primary N) is 1. The Balaban J connectivity index is 0.00000108. The summed E-state index contributed by atoms with van der Waals surface area (Å²) in [5, 5.41) is 0. The second kappa shape index (κ2) is 18.3. The highest BCUT2D eigenvalue weighted by Gasteiger charge is 2.29. The number of carbonyl (C=O) groups excluding carboxylic acids is 1. The molecule has 30 heavy (non-hydrogen) atoms. The molecule has 1 aromatic carbocycles. The van der Waals surface area contributed by atoms with Crippen LogP contribution >= 0.6 is 0 Å². The molecule has 0 aromatic heterocycles. The monoisotopic (exact) mass is 421 g/mol. The van der Waals surface area contributed by atoms with Crippen LogP contribution < -0.4 is 5.73 Å². The van der Waals surface area contributed by atoms with E-state index in [-0.39, 0.29) is 6.41 Å². The Bertz CT molecular complexity index is 502. The van der Waals surface area contributed by atoms with Crippen molar-refractivity contribution in [1.82, 2.24) is 9.80 Å². The van der Waals surface area contributed by atoms with Gasteiger partial charge in [0.15, 0.2) is 0 Å². The first-order valence-electron chi connectivity index (χ1n) is 11.9. The van der Waals surface area contributed by atoms with Crippen LogP contribution in [0.15, 0.2) is 30.3 Å². The van der Waals surface area contributed by atoms with Gasteiger partial charge in [-0.05, 0) is 45.1 Å². The fourth-order valence-corrected chi connectivity index (χ4v) is 4.01. The molecule has 2 aliphatic rings. The molecule has 1 saturated heterocycles. The first kappa shape index (κ1) is 28.6. The standard InChI is InChI=1S/C20H32N2O.2C2H6.CH3NO/c1-17(2)21-11-13-22(14-12-21)19-9-6-10-20(15-19)23-16-18-7-4-3-5-8-18;2*1-2;2-1-3/h3-5,7-8,17,19-20H,6,9-16H2,1-2H3;2*1-2H3;1H,(H2,2,3). The van der Waals surface area contributed by atoms with Crippen molar-refractivity contribution in [3.05, 3.63) is 35.9 Å². The summed E-state index contributed by atoms with van der Waals surface area (Å²) in [5.41, 5.74) is 5.46. The molecule has 1 amide bonds. The van der Waals surface area contributed by atoms with Crippen LogP contribution in [0.25, 0.3) is 0 Å². The van der Waals surface area contributed by atoms with E-state index in [0.29, 0.717) is 12.1 Å². The largest absolute Gasteiger partial charge is 0.373 e. The molecule has 0 radical (unpaired) electrons. The summed E-state index contributed by atoms with van der Waals surface area (Å²) < 4.78 is 6.21. The lowest BCUT2D eigenvalue weighted by Crippen LogP contribution is -2.53. The number of amides is 1. The molecular formula is C25H47N3O2. The Labute approximate surface area is 186 Å². The Morgan fingerprint density at radius 2 is 1.60 bits per heavy atom. The topological polar surface area (TPSA) is 58.8 Å². The number of carbonyl (C=O) groups is 1. The van der Waals surface area contributed by atoms with Crippen molar-refractivity contribution >= 4 is 6.41 Å². The maximum Gasteiger partial charge on any atom is 0.204 e. The van der Waals surface area contributed by atoms with Gasteiger partial charge < -0.3 is 10.5 Å². The van der Waals surface area contributed by atoms with Crippen molar-refractivity contribution in [2.75, 3.05) is 26.2 Å². The molecule has 0 spiro atoms. The second-order valence-corrected chi connectivity index (χ2v) is 7.54. The fraction of sp³-hybridized carbons (Fsp3) is 0.720. The first-order chi connectivity index (χ1) is 14.6. The van der Waals surface area contributed by atoms with Gasteiger partial charge in [0.25, 0.3) is 0 Å². The molecule has 2 fully saturated rings. The van der Waals surface area contributed by atoms with Crippen LogP contribution in [0.3, 0.4) is 0 Å². The Kier molecular flexibility index (Phi) is 17.5. The number of nitrogens with zero attached hydrogens (tertiary/aromatic N) is 2. The van der Waals surface area contributed by atoms with Gasteiger partial charge in [0.2, 0.25) is 6.41 Å². The number of primary amides is 1. The summed E-state index contributed by atoms with van der Waals surface area (Å²) in [5.74, 6) is 0. The third-order valence-corrected chi connectivity index (χ3v) is 5.52. The van der Waals surface area contributed by atoms with Crippen molar-refractivity contribution in [3.63, 3.8) is 0 Å². The summed E-state index contributed by atoms with van der Waals surface area (Å²) in [6, 6.07) is 12.0. The average molecular weight is 422 g/mol. The van der Waals surface area contributed by atoms with Crippen LogP contribution in [-0.4, -0.2) is 60.6 Å². The Hall–Kier alpha value is -1.43. The molecule has 1 aliphatic heterocycles. The van der Waals surface area contributed by atoms with E-state index in [1.54, 1.807) is 0 Å². The van der Waals surface area contributed by atoms with Crippen LogP contribution in [0, 0.1) is 0 Å². The summed E-state index contributed by atoms with van der Waals surface area (Å²) in [4.78, 5) is 13.9. The predicted octanol–water partition coefficient (Wildman–Crippen LogP) is 4.69. The summed E-state index contributed by atoms with van der Waals surface area (Å²) in [6.07, 6.45) is 5.81. The van der Waals surface area contributed by atoms with E-state index in [1.165, 1.54) is 57.4 Å². The van der Waals surface area contributed by atoms with Gasteiger partial charge in [-0.3, -0.25) is 14.6 Å². The minimum atomic E-state index is 0.250. The maximum absolute atomic E-state index is 8.58. The van der Waals surface area contributed by atoms with E-state index in [4.69, 9.17) is 9.53 Å². The average Bonchev–Trinajstić information content (AvgIpc) is 2.82. The van der Waals surface area contributed by atoms with Gasteiger partial charge in [-0.25, -0.2) is 0 Å². The molecule has 2 atom stereocenters. The molecule has 2 N–H and O–H groups in total. The zero-order valence-electron chi connectivity index (χ0n) is 20.3. The summed E-state index contributed by atoms with van der Waals surface area (Å²) in [7, 11) is 0. The lowest BCUT2D eigenvalue weighted by atomic mass is 9.91. The van der Waals surface area contributed by atoms with E-state index in [2.05, 4.69) is 59.7 Å². The smallest absolute Gasteiger partial charge is 0.204 e. The number of ether oxygens (including phenoxy) is 1. The fourth-order valence-electron chi connectivity index (χ4n) is 4.01. The molecule has 3 rings (SSSR count). The SMILES string of the molecule is CC.CC.CC(C)N1CCN(C2CCCC(OCc3ccccc3)C2)CC1.NC=O. The van der Waals surface area contributed by atoms with E-state index in [1.807, 2.05) is 27.7 Å². The van der Waals surface area contributed by atoms with Crippen molar-refractivity contribution in [2.24, 2.45) is 5.73 Å². The zero-order chi connectivity index (χ0) is 22.8.